The molecule has 4 heteroatoms. The minimum absolute atomic E-state index is 0.0995. The molecule has 0 spiro atoms. The second kappa shape index (κ2) is 7.65. The zero-order valence-corrected chi connectivity index (χ0v) is 12.3. The second-order valence-electron chi connectivity index (χ2n) is 4.50. The third-order valence-corrected chi connectivity index (χ3v) is 3.54. The summed E-state index contributed by atoms with van der Waals surface area (Å²) < 4.78 is 0. The fourth-order valence-corrected chi connectivity index (χ4v) is 2.02. The second-order valence-corrected chi connectivity index (χ2v) is 5.31. The van der Waals surface area contributed by atoms with Crippen LogP contribution in [-0.4, -0.2) is 11.9 Å². The zero-order valence-electron chi connectivity index (χ0n) is 10.8. The molecule has 0 aliphatic heterocycles. The predicted molar refractivity (Wildman–Crippen MR) is 77.5 cm³/mol. The lowest BCUT2D eigenvalue weighted by molar-refractivity contribution is 0.0938. The summed E-state index contributed by atoms with van der Waals surface area (Å²) in [5, 5.41) is 3.83. The van der Waals surface area contributed by atoms with Gasteiger partial charge in [0.05, 0.1) is 10.0 Å². The van der Waals surface area contributed by atoms with Crippen LogP contribution in [0.4, 0.5) is 0 Å². The van der Waals surface area contributed by atoms with Crippen molar-refractivity contribution in [2.24, 2.45) is 0 Å². The van der Waals surface area contributed by atoms with Crippen molar-refractivity contribution in [3.8, 4) is 0 Å². The van der Waals surface area contributed by atoms with Crippen molar-refractivity contribution in [3.63, 3.8) is 0 Å². The van der Waals surface area contributed by atoms with Crippen molar-refractivity contribution in [1.29, 1.82) is 0 Å². The minimum atomic E-state index is -0.0995. The summed E-state index contributed by atoms with van der Waals surface area (Å²) in [6.07, 6.45) is 4.53. The van der Waals surface area contributed by atoms with E-state index in [1.54, 1.807) is 18.2 Å². The molecule has 0 radical (unpaired) electrons. The van der Waals surface area contributed by atoms with Gasteiger partial charge in [-0.25, -0.2) is 0 Å². The molecule has 1 aromatic rings. The van der Waals surface area contributed by atoms with Crippen LogP contribution in [0.3, 0.4) is 0 Å². The molecule has 0 heterocycles. The van der Waals surface area contributed by atoms with Gasteiger partial charge in [-0.05, 0) is 31.5 Å². The van der Waals surface area contributed by atoms with Gasteiger partial charge in [0, 0.05) is 11.6 Å². The topological polar surface area (TPSA) is 29.1 Å². The highest BCUT2D eigenvalue weighted by Crippen LogP contribution is 2.22. The molecule has 18 heavy (non-hydrogen) atoms. The van der Waals surface area contributed by atoms with Gasteiger partial charge in [0.25, 0.3) is 5.91 Å². The van der Waals surface area contributed by atoms with Crippen LogP contribution in [0.15, 0.2) is 18.2 Å². The Labute approximate surface area is 119 Å². The average molecular weight is 288 g/mol. The average Bonchev–Trinajstić information content (AvgIpc) is 2.33. The molecule has 1 rings (SSSR count). The van der Waals surface area contributed by atoms with E-state index in [-0.39, 0.29) is 11.9 Å². The van der Waals surface area contributed by atoms with E-state index < -0.39 is 0 Å². The van der Waals surface area contributed by atoms with E-state index in [0.29, 0.717) is 15.6 Å². The van der Waals surface area contributed by atoms with Crippen LogP contribution in [-0.2, 0) is 0 Å². The minimum Gasteiger partial charge on any atom is -0.350 e. The Morgan fingerprint density at radius 1 is 1.28 bits per heavy atom. The van der Waals surface area contributed by atoms with Gasteiger partial charge >= 0.3 is 0 Å². The molecule has 0 saturated heterocycles. The van der Waals surface area contributed by atoms with Crippen molar-refractivity contribution in [3.05, 3.63) is 33.8 Å². The van der Waals surface area contributed by atoms with Crippen molar-refractivity contribution in [2.45, 2.75) is 45.6 Å². The van der Waals surface area contributed by atoms with Crippen LogP contribution in [0.1, 0.15) is 49.9 Å². The molecule has 0 aliphatic rings. The third kappa shape index (κ3) is 4.87. The summed E-state index contributed by atoms with van der Waals surface area (Å²) in [5.74, 6) is -0.0995. The van der Waals surface area contributed by atoms with Gasteiger partial charge < -0.3 is 5.32 Å². The van der Waals surface area contributed by atoms with E-state index in [4.69, 9.17) is 23.2 Å². The van der Waals surface area contributed by atoms with E-state index in [9.17, 15) is 4.79 Å². The van der Waals surface area contributed by atoms with Crippen molar-refractivity contribution in [2.75, 3.05) is 0 Å². The summed E-state index contributed by atoms with van der Waals surface area (Å²) in [4.78, 5) is 11.9. The van der Waals surface area contributed by atoms with Crippen LogP contribution in [0.25, 0.3) is 0 Å². The molecule has 100 valence electrons. The number of hydrogen-bond acceptors (Lipinski definition) is 1. The number of benzene rings is 1. The Morgan fingerprint density at radius 3 is 2.61 bits per heavy atom. The Balaban J connectivity index is 2.51. The first kappa shape index (κ1) is 15.3. The van der Waals surface area contributed by atoms with E-state index in [1.165, 1.54) is 12.8 Å². The molecular weight excluding hydrogens is 269 g/mol. The first-order valence-electron chi connectivity index (χ1n) is 6.30. The van der Waals surface area contributed by atoms with Gasteiger partial charge in [-0.3, -0.25) is 4.79 Å². The number of amides is 1. The zero-order chi connectivity index (χ0) is 13.5. The van der Waals surface area contributed by atoms with Crippen molar-refractivity contribution in [1.82, 2.24) is 5.32 Å². The molecule has 0 saturated carbocycles. The molecule has 2 nitrogen and oxygen atoms in total. The van der Waals surface area contributed by atoms with Crippen LogP contribution >= 0.6 is 23.2 Å². The smallest absolute Gasteiger partial charge is 0.251 e. The standard InChI is InChI=1S/C14H19Cl2NO/c1-3-4-5-6-10(2)17-14(18)11-7-8-12(15)13(16)9-11/h7-10H,3-6H2,1-2H3,(H,17,18). The Hall–Kier alpha value is -0.730. The van der Waals surface area contributed by atoms with Gasteiger partial charge in [-0.1, -0.05) is 49.4 Å². The van der Waals surface area contributed by atoms with Gasteiger partial charge in [0.2, 0.25) is 0 Å². The largest absolute Gasteiger partial charge is 0.350 e. The predicted octanol–water partition coefficient (Wildman–Crippen LogP) is 4.69. The number of nitrogens with one attached hydrogen (secondary N) is 1. The number of halogens is 2. The maximum atomic E-state index is 11.9. The molecule has 0 fully saturated rings. The lowest BCUT2D eigenvalue weighted by Gasteiger charge is -2.13. The quantitative estimate of drug-likeness (QED) is 0.756. The van der Waals surface area contributed by atoms with E-state index in [2.05, 4.69) is 12.2 Å². The van der Waals surface area contributed by atoms with E-state index in [0.717, 1.165) is 12.8 Å². The summed E-state index contributed by atoms with van der Waals surface area (Å²) >= 11 is 11.7. The Bertz CT molecular complexity index is 407. The highest BCUT2D eigenvalue weighted by molar-refractivity contribution is 6.42. The van der Waals surface area contributed by atoms with Gasteiger partial charge in [0.1, 0.15) is 0 Å². The van der Waals surface area contributed by atoms with Crippen molar-refractivity contribution >= 4 is 29.1 Å². The number of rotatable bonds is 6. The van der Waals surface area contributed by atoms with Crippen LogP contribution < -0.4 is 5.32 Å². The van der Waals surface area contributed by atoms with E-state index in [1.807, 2.05) is 6.92 Å². The molecule has 1 atom stereocenters. The number of hydrogen-bond donors (Lipinski definition) is 1. The lowest BCUT2D eigenvalue weighted by Crippen LogP contribution is -2.32. The maximum absolute atomic E-state index is 11.9. The summed E-state index contributed by atoms with van der Waals surface area (Å²) in [6, 6.07) is 5.10. The third-order valence-electron chi connectivity index (χ3n) is 2.80. The normalized spacial score (nSPS) is 12.2. The van der Waals surface area contributed by atoms with E-state index >= 15 is 0 Å². The summed E-state index contributed by atoms with van der Waals surface area (Å²) in [6.45, 7) is 4.18. The van der Waals surface area contributed by atoms with Crippen LogP contribution in [0.5, 0.6) is 0 Å². The van der Waals surface area contributed by atoms with Crippen LogP contribution in [0.2, 0.25) is 10.0 Å². The molecule has 1 N–H and O–H groups in total. The lowest BCUT2D eigenvalue weighted by atomic mass is 10.1. The first-order chi connectivity index (χ1) is 8.54. The number of carbonyl (C=O) groups excluding carboxylic acids is 1. The fourth-order valence-electron chi connectivity index (χ4n) is 1.72. The molecular formula is C14H19Cl2NO. The molecule has 1 unspecified atom stereocenters. The SMILES string of the molecule is CCCCCC(C)NC(=O)c1ccc(Cl)c(Cl)c1. The highest BCUT2D eigenvalue weighted by Gasteiger charge is 2.10. The molecule has 1 aromatic carbocycles. The Kier molecular flexibility index (Phi) is 6.51. The molecule has 0 aromatic heterocycles. The number of carbonyl (C=O) groups is 1. The molecule has 0 aliphatic carbocycles. The van der Waals surface area contributed by atoms with Crippen molar-refractivity contribution < 1.29 is 4.79 Å². The number of unbranched alkanes of at least 4 members (excludes halogenated alkanes) is 2. The maximum Gasteiger partial charge on any atom is 0.251 e. The molecule has 0 bridgehead atoms. The van der Waals surface area contributed by atoms with Gasteiger partial charge in [-0.2, -0.15) is 0 Å². The van der Waals surface area contributed by atoms with Gasteiger partial charge in [0.15, 0.2) is 0 Å². The molecule has 1 amide bonds. The highest BCUT2D eigenvalue weighted by atomic mass is 35.5. The Morgan fingerprint density at radius 2 is 2.00 bits per heavy atom. The monoisotopic (exact) mass is 287 g/mol. The van der Waals surface area contributed by atoms with Crippen LogP contribution in [0, 0.1) is 0 Å². The summed E-state index contributed by atoms with van der Waals surface area (Å²) in [5.41, 5.74) is 0.548. The first-order valence-corrected chi connectivity index (χ1v) is 7.06. The van der Waals surface area contributed by atoms with Gasteiger partial charge in [-0.15, -0.1) is 0 Å². The summed E-state index contributed by atoms with van der Waals surface area (Å²) in [7, 11) is 0. The fraction of sp³-hybridized carbons (Fsp3) is 0.500.